The fraction of sp³-hybridized carbons (Fsp3) is 1.00. The molecule has 0 spiro atoms. The van der Waals surface area contributed by atoms with Crippen molar-refractivity contribution in [1.82, 2.24) is 4.90 Å². The standard InChI is InChI=1S/C12H24N2S/c1-11(5-6-11)12(2,9-13)14(3)10-4-7-15-8-10/h10H,4-9,13H2,1-3H3. The van der Waals surface area contributed by atoms with E-state index in [1.165, 1.54) is 30.8 Å². The maximum absolute atomic E-state index is 6.05. The Morgan fingerprint density at radius 3 is 2.60 bits per heavy atom. The molecule has 2 N–H and O–H groups in total. The summed E-state index contributed by atoms with van der Waals surface area (Å²) in [5.74, 6) is 2.62. The molecule has 0 radical (unpaired) electrons. The van der Waals surface area contributed by atoms with E-state index in [0.717, 1.165) is 12.6 Å². The van der Waals surface area contributed by atoms with Crippen LogP contribution in [0, 0.1) is 5.41 Å². The van der Waals surface area contributed by atoms with Gasteiger partial charge in [0.15, 0.2) is 0 Å². The van der Waals surface area contributed by atoms with Gasteiger partial charge in [0.05, 0.1) is 0 Å². The fourth-order valence-corrected chi connectivity index (χ4v) is 4.04. The first kappa shape index (κ1) is 11.7. The molecule has 2 unspecified atom stereocenters. The van der Waals surface area contributed by atoms with Crippen LogP contribution in [-0.4, -0.2) is 41.6 Å². The Balaban J connectivity index is 2.10. The lowest BCUT2D eigenvalue weighted by Crippen LogP contribution is -2.58. The van der Waals surface area contributed by atoms with Crippen LogP contribution < -0.4 is 5.73 Å². The monoisotopic (exact) mass is 228 g/mol. The van der Waals surface area contributed by atoms with Gasteiger partial charge in [-0.2, -0.15) is 11.8 Å². The lowest BCUT2D eigenvalue weighted by atomic mass is 9.81. The highest BCUT2D eigenvalue weighted by atomic mass is 32.2. The van der Waals surface area contributed by atoms with E-state index in [2.05, 4.69) is 37.6 Å². The minimum absolute atomic E-state index is 0.211. The molecule has 0 bridgehead atoms. The van der Waals surface area contributed by atoms with Crippen molar-refractivity contribution in [3.05, 3.63) is 0 Å². The van der Waals surface area contributed by atoms with E-state index in [0.29, 0.717) is 5.41 Å². The molecule has 1 saturated heterocycles. The number of nitrogens with zero attached hydrogens (tertiary/aromatic N) is 1. The Bertz CT molecular complexity index is 234. The normalized spacial score (nSPS) is 33.0. The highest BCUT2D eigenvalue weighted by Gasteiger charge is 2.55. The smallest absolute Gasteiger partial charge is 0.0357 e. The number of hydrogen-bond donors (Lipinski definition) is 1. The maximum Gasteiger partial charge on any atom is 0.0357 e. The summed E-state index contributed by atoms with van der Waals surface area (Å²) < 4.78 is 0. The van der Waals surface area contributed by atoms with E-state index in [-0.39, 0.29) is 5.54 Å². The summed E-state index contributed by atoms with van der Waals surface area (Å²) in [6.45, 7) is 5.56. The first-order valence-electron chi connectivity index (χ1n) is 6.04. The molecule has 1 saturated carbocycles. The summed E-state index contributed by atoms with van der Waals surface area (Å²) in [7, 11) is 2.28. The molecule has 1 aliphatic heterocycles. The van der Waals surface area contributed by atoms with Gasteiger partial charge in [0.1, 0.15) is 0 Å². The largest absolute Gasteiger partial charge is 0.329 e. The molecule has 88 valence electrons. The predicted octanol–water partition coefficient (Wildman–Crippen LogP) is 1.94. The van der Waals surface area contributed by atoms with Gasteiger partial charge in [0.25, 0.3) is 0 Å². The average Bonchev–Trinajstić information content (AvgIpc) is 2.82. The minimum atomic E-state index is 0.211. The average molecular weight is 228 g/mol. The lowest BCUT2D eigenvalue weighted by Gasteiger charge is -2.46. The lowest BCUT2D eigenvalue weighted by molar-refractivity contribution is 0.0428. The van der Waals surface area contributed by atoms with Crippen molar-refractivity contribution in [2.75, 3.05) is 25.1 Å². The van der Waals surface area contributed by atoms with E-state index in [4.69, 9.17) is 5.73 Å². The Morgan fingerprint density at radius 2 is 2.20 bits per heavy atom. The Labute approximate surface area is 98.0 Å². The SMILES string of the molecule is CN(C1CCSC1)C(C)(CN)C1(C)CC1. The Kier molecular flexibility index (Phi) is 3.08. The topological polar surface area (TPSA) is 29.3 Å². The van der Waals surface area contributed by atoms with Gasteiger partial charge < -0.3 is 5.73 Å². The van der Waals surface area contributed by atoms with Crippen molar-refractivity contribution < 1.29 is 0 Å². The molecule has 1 heterocycles. The van der Waals surface area contributed by atoms with Gasteiger partial charge in [0, 0.05) is 23.9 Å². The van der Waals surface area contributed by atoms with Crippen LogP contribution in [0.5, 0.6) is 0 Å². The first-order chi connectivity index (χ1) is 7.03. The van der Waals surface area contributed by atoms with Crippen molar-refractivity contribution in [2.45, 2.75) is 44.7 Å². The number of hydrogen-bond acceptors (Lipinski definition) is 3. The highest BCUT2D eigenvalue weighted by molar-refractivity contribution is 7.99. The van der Waals surface area contributed by atoms with Crippen LogP contribution in [0.4, 0.5) is 0 Å². The summed E-state index contributed by atoms with van der Waals surface area (Å²) in [5.41, 5.74) is 6.74. The number of thioether (sulfide) groups is 1. The maximum atomic E-state index is 6.05. The van der Waals surface area contributed by atoms with Crippen molar-refractivity contribution in [3.8, 4) is 0 Å². The minimum Gasteiger partial charge on any atom is -0.329 e. The molecule has 15 heavy (non-hydrogen) atoms. The number of likely N-dealkylation sites (N-methyl/N-ethyl adjacent to an activating group) is 1. The Hall–Kier alpha value is 0.270. The van der Waals surface area contributed by atoms with Crippen LogP contribution >= 0.6 is 11.8 Å². The van der Waals surface area contributed by atoms with Crippen LogP contribution in [0.25, 0.3) is 0 Å². The zero-order valence-corrected chi connectivity index (χ0v) is 11.1. The third-order valence-electron chi connectivity index (χ3n) is 4.93. The van der Waals surface area contributed by atoms with E-state index < -0.39 is 0 Å². The molecule has 1 aliphatic carbocycles. The van der Waals surface area contributed by atoms with Gasteiger partial charge in [-0.3, -0.25) is 4.90 Å². The summed E-state index contributed by atoms with van der Waals surface area (Å²) in [4.78, 5) is 2.58. The third-order valence-corrected chi connectivity index (χ3v) is 6.07. The van der Waals surface area contributed by atoms with Crippen LogP contribution in [0.3, 0.4) is 0 Å². The van der Waals surface area contributed by atoms with Crippen LogP contribution in [0.2, 0.25) is 0 Å². The third kappa shape index (κ3) is 1.83. The molecule has 0 amide bonds. The van der Waals surface area contributed by atoms with Gasteiger partial charge in [-0.25, -0.2) is 0 Å². The second-order valence-corrected chi connectivity index (χ2v) is 6.82. The van der Waals surface area contributed by atoms with Crippen LogP contribution in [0.15, 0.2) is 0 Å². The molecule has 0 aromatic rings. The van der Waals surface area contributed by atoms with Crippen LogP contribution in [0.1, 0.15) is 33.1 Å². The molecule has 2 aliphatic rings. The predicted molar refractivity (Wildman–Crippen MR) is 68.3 cm³/mol. The number of rotatable bonds is 4. The van der Waals surface area contributed by atoms with E-state index in [9.17, 15) is 0 Å². The molecule has 2 atom stereocenters. The molecule has 3 heteroatoms. The summed E-state index contributed by atoms with van der Waals surface area (Å²) in [5, 5.41) is 0. The van der Waals surface area contributed by atoms with Crippen molar-refractivity contribution in [3.63, 3.8) is 0 Å². The summed E-state index contributed by atoms with van der Waals surface area (Å²) >= 11 is 2.09. The molecule has 0 aromatic carbocycles. The highest BCUT2D eigenvalue weighted by Crippen LogP contribution is 2.56. The zero-order valence-electron chi connectivity index (χ0n) is 10.3. The van der Waals surface area contributed by atoms with Gasteiger partial charge >= 0.3 is 0 Å². The van der Waals surface area contributed by atoms with Gasteiger partial charge in [-0.1, -0.05) is 6.92 Å². The summed E-state index contributed by atoms with van der Waals surface area (Å²) in [6.07, 6.45) is 4.04. The Morgan fingerprint density at radius 1 is 1.53 bits per heavy atom. The van der Waals surface area contributed by atoms with E-state index in [1.54, 1.807) is 0 Å². The second-order valence-electron chi connectivity index (χ2n) is 5.67. The quantitative estimate of drug-likeness (QED) is 0.797. The van der Waals surface area contributed by atoms with Crippen LogP contribution in [-0.2, 0) is 0 Å². The van der Waals surface area contributed by atoms with Crippen molar-refractivity contribution in [1.29, 1.82) is 0 Å². The molecule has 2 nitrogen and oxygen atoms in total. The fourth-order valence-electron chi connectivity index (χ4n) is 2.77. The van der Waals surface area contributed by atoms with Gasteiger partial charge in [0.2, 0.25) is 0 Å². The van der Waals surface area contributed by atoms with Gasteiger partial charge in [-0.15, -0.1) is 0 Å². The van der Waals surface area contributed by atoms with Crippen molar-refractivity contribution in [2.24, 2.45) is 11.1 Å². The first-order valence-corrected chi connectivity index (χ1v) is 7.20. The molecule has 2 fully saturated rings. The molecule has 2 rings (SSSR count). The number of nitrogens with two attached hydrogens (primary N) is 1. The second kappa shape index (κ2) is 3.94. The van der Waals surface area contributed by atoms with Crippen molar-refractivity contribution >= 4 is 11.8 Å². The zero-order chi connectivity index (χ0) is 11.1. The molecular formula is C12H24N2S. The van der Waals surface area contributed by atoms with Gasteiger partial charge in [-0.05, 0) is 44.4 Å². The molecular weight excluding hydrogens is 204 g/mol. The molecule has 0 aromatic heterocycles. The van der Waals surface area contributed by atoms with E-state index >= 15 is 0 Å². The van der Waals surface area contributed by atoms with E-state index in [1.807, 2.05) is 0 Å². The summed E-state index contributed by atoms with van der Waals surface area (Å²) in [6, 6.07) is 0.751.